The van der Waals surface area contributed by atoms with E-state index in [1.165, 1.54) is 6.07 Å². The maximum Gasteiger partial charge on any atom is 0.146 e. The summed E-state index contributed by atoms with van der Waals surface area (Å²) < 4.78 is 15.7. The lowest BCUT2D eigenvalue weighted by molar-refractivity contribution is 0.620. The summed E-state index contributed by atoms with van der Waals surface area (Å²) in [7, 11) is 0. The number of hydrogen-bond acceptors (Lipinski definition) is 2. The van der Waals surface area contributed by atoms with Crippen molar-refractivity contribution < 1.29 is 4.39 Å². The Balaban J connectivity index is 2.40. The highest BCUT2D eigenvalue weighted by molar-refractivity contribution is 6.35. The summed E-state index contributed by atoms with van der Waals surface area (Å²) >= 11 is 6.31. The monoisotopic (exact) mass is 303 g/mol. The third-order valence-corrected chi connectivity index (χ3v) is 3.78. The van der Waals surface area contributed by atoms with E-state index in [4.69, 9.17) is 17.3 Å². The Morgan fingerprint density at radius 3 is 2.62 bits per heavy atom. The highest BCUT2D eigenvalue weighted by atomic mass is 35.5. The highest BCUT2D eigenvalue weighted by Gasteiger charge is 2.19. The molecule has 2 aromatic carbocycles. The first-order valence-electron chi connectivity index (χ1n) is 6.71. The van der Waals surface area contributed by atoms with Crippen molar-refractivity contribution in [2.75, 3.05) is 5.73 Å². The SMILES string of the molecule is CC(C)n1c(-c2cccc(F)c2N)nc2cccc(Cl)c21. The maximum atomic E-state index is 13.7. The summed E-state index contributed by atoms with van der Waals surface area (Å²) in [5, 5.41) is 0.620. The molecule has 0 saturated carbocycles. The summed E-state index contributed by atoms with van der Waals surface area (Å²) in [6.07, 6.45) is 0. The molecule has 5 heteroatoms. The Hall–Kier alpha value is -2.07. The van der Waals surface area contributed by atoms with Gasteiger partial charge in [-0.25, -0.2) is 9.37 Å². The molecule has 3 nitrogen and oxygen atoms in total. The molecule has 0 atom stereocenters. The molecule has 0 unspecified atom stereocenters. The van der Waals surface area contributed by atoms with Gasteiger partial charge < -0.3 is 10.3 Å². The smallest absolute Gasteiger partial charge is 0.146 e. The summed E-state index contributed by atoms with van der Waals surface area (Å²) in [5.41, 5.74) is 8.18. The van der Waals surface area contributed by atoms with Crippen molar-refractivity contribution in [3.63, 3.8) is 0 Å². The van der Waals surface area contributed by atoms with Crippen molar-refractivity contribution in [2.45, 2.75) is 19.9 Å². The Morgan fingerprint density at radius 2 is 1.90 bits per heavy atom. The largest absolute Gasteiger partial charge is 0.396 e. The number of para-hydroxylation sites is 2. The molecule has 0 fully saturated rings. The molecular weight excluding hydrogens is 289 g/mol. The number of benzene rings is 2. The molecule has 21 heavy (non-hydrogen) atoms. The van der Waals surface area contributed by atoms with Crippen LogP contribution in [0.4, 0.5) is 10.1 Å². The molecule has 1 heterocycles. The van der Waals surface area contributed by atoms with E-state index < -0.39 is 5.82 Å². The van der Waals surface area contributed by atoms with Crippen molar-refractivity contribution in [3.8, 4) is 11.4 Å². The summed E-state index contributed by atoms with van der Waals surface area (Å²) in [5.74, 6) is 0.186. The van der Waals surface area contributed by atoms with Crippen LogP contribution < -0.4 is 5.73 Å². The Labute approximate surface area is 127 Å². The fourth-order valence-corrected chi connectivity index (χ4v) is 2.79. The lowest BCUT2D eigenvalue weighted by Gasteiger charge is -2.15. The van der Waals surface area contributed by atoms with Gasteiger partial charge in [0.15, 0.2) is 0 Å². The summed E-state index contributed by atoms with van der Waals surface area (Å²) in [4.78, 5) is 4.60. The minimum atomic E-state index is -0.444. The van der Waals surface area contributed by atoms with Crippen LogP contribution in [0.3, 0.4) is 0 Å². The van der Waals surface area contributed by atoms with Gasteiger partial charge in [0.05, 0.1) is 21.7 Å². The Bertz CT molecular complexity index is 824. The molecule has 0 aliphatic carbocycles. The van der Waals surface area contributed by atoms with E-state index in [2.05, 4.69) is 4.98 Å². The lowest BCUT2D eigenvalue weighted by Crippen LogP contribution is -2.05. The van der Waals surface area contributed by atoms with Gasteiger partial charge in [0, 0.05) is 11.6 Å². The van der Waals surface area contributed by atoms with Gasteiger partial charge in [-0.15, -0.1) is 0 Å². The van der Waals surface area contributed by atoms with Gasteiger partial charge in [-0.2, -0.15) is 0 Å². The second kappa shape index (κ2) is 5.04. The Kier molecular flexibility index (Phi) is 3.33. The van der Waals surface area contributed by atoms with Crippen molar-refractivity contribution in [1.82, 2.24) is 9.55 Å². The second-order valence-corrected chi connectivity index (χ2v) is 5.62. The van der Waals surface area contributed by atoms with Crippen LogP contribution in [0.2, 0.25) is 5.02 Å². The maximum absolute atomic E-state index is 13.7. The first kappa shape index (κ1) is 13.9. The van der Waals surface area contributed by atoms with Crippen molar-refractivity contribution in [1.29, 1.82) is 0 Å². The van der Waals surface area contributed by atoms with Gasteiger partial charge in [-0.3, -0.25) is 0 Å². The number of imidazole rings is 1. The number of fused-ring (bicyclic) bond motifs is 1. The number of rotatable bonds is 2. The van der Waals surface area contributed by atoms with Gasteiger partial charge in [-0.05, 0) is 38.1 Å². The van der Waals surface area contributed by atoms with E-state index in [9.17, 15) is 4.39 Å². The fraction of sp³-hybridized carbons (Fsp3) is 0.188. The first-order chi connectivity index (χ1) is 10.0. The first-order valence-corrected chi connectivity index (χ1v) is 7.09. The molecule has 0 saturated heterocycles. The van der Waals surface area contributed by atoms with Crippen LogP contribution in [0.1, 0.15) is 19.9 Å². The average molecular weight is 304 g/mol. The number of aromatic nitrogens is 2. The fourth-order valence-electron chi connectivity index (χ4n) is 2.53. The molecule has 0 aliphatic heterocycles. The van der Waals surface area contributed by atoms with Crippen molar-refractivity contribution in [2.24, 2.45) is 0 Å². The molecule has 108 valence electrons. The zero-order valence-electron chi connectivity index (χ0n) is 11.8. The van der Waals surface area contributed by atoms with Crippen LogP contribution in [-0.2, 0) is 0 Å². The van der Waals surface area contributed by atoms with Crippen LogP contribution >= 0.6 is 11.6 Å². The average Bonchev–Trinajstić information content (AvgIpc) is 2.82. The molecule has 3 aromatic rings. The van der Waals surface area contributed by atoms with Gasteiger partial charge in [0.1, 0.15) is 11.6 Å². The minimum absolute atomic E-state index is 0.103. The second-order valence-electron chi connectivity index (χ2n) is 5.21. The number of nitrogens with zero attached hydrogens (tertiary/aromatic N) is 2. The third kappa shape index (κ3) is 2.16. The lowest BCUT2D eigenvalue weighted by atomic mass is 10.1. The summed E-state index contributed by atoms with van der Waals surface area (Å²) in [6, 6.07) is 10.4. The van der Waals surface area contributed by atoms with Crippen LogP contribution in [0, 0.1) is 5.82 Å². The molecule has 1 aromatic heterocycles. The van der Waals surface area contributed by atoms with Crippen LogP contribution in [0.25, 0.3) is 22.4 Å². The van der Waals surface area contributed by atoms with Gasteiger partial charge >= 0.3 is 0 Å². The molecule has 0 aliphatic rings. The number of nitrogens with two attached hydrogens (primary N) is 1. The van der Waals surface area contributed by atoms with Crippen molar-refractivity contribution >= 4 is 28.3 Å². The predicted molar refractivity (Wildman–Crippen MR) is 84.9 cm³/mol. The van der Waals surface area contributed by atoms with E-state index in [0.717, 1.165) is 11.0 Å². The van der Waals surface area contributed by atoms with Crippen LogP contribution in [0.15, 0.2) is 36.4 Å². The number of halogens is 2. The quantitative estimate of drug-likeness (QED) is 0.700. The third-order valence-electron chi connectivity index (χ3n) is 3.47. The number of nitrogen functional groups attached to an aromatic ring is 1. The minimum Gasteiger partial charge on any atom is -0.396 e. The molecule has 0 amide bonds. The van der Waals surface area contributed by atoms with Crippen LogP contribution in [0.5, 0.6) is 0 Å². The zero-order chi connectivity index (χ0) is 15.1. The predicted octanol–water partition coefficient (Wildman–Crippen LogP) is 4.66. The molecule has 0 radical (unpaired) electrons. The molecule has 3 rings (SSSR count). The normalized spacial score (nSPS) is 11.5. The van der Waals surface area contributed by atoms with Crippen LogP contribution in [-0.4, -0.2) is 9.55 Å². The number of hydrogen-bond donors (Lipinski definition) is 1. The van der Waals surface area contributed by atoms with Gasteiger partial charge in [0.25, 0.3) is 0 Å². The van der Waals surface area contributed by atoms with Crippen molar-refractivity contribution in [3.05, 3.63) is 47.2 Å². The topological polar surface area (TPSA) is 43.8 Å². The van der Waals surface area contributed by atoms with E-state index in [0.29, 0.717) is 16.4 Å². The van der Waals surface area contributed by atoms with E-state index >= 15 is 0 Å². The van der Waals surface area contributed by atoms with E-state index in [-0.39, 0.29) is 11.7 Å². The van der Waals surface area contributed by atoms with Gasteiger partial charge in [-0.1, -0.05) is 23.7 Å². The highest BCUT2D eigenvalue weighted by Crippen LogP contribution is 2.35. The molecule has 0 spiro atoms. The van der Waals surface area contributed by atoms with E-state index in [1.54, 1.807) is 12.1 Å². The Morgan fingerprint density at radius 1 is 1.19 bits per heavy atom. The number of anilines is 1. The standard InChI is InChI=1S/C16H15ClFN3/c1-9(2)21-15-11(17)6-4-8-13(15)20-16(21)10-5-3-7-12(18)14(10)19/h3-9H,19H2,1-2H3. The zero-order valence-corrected chi connectivity index (χ0v) is 12.5. The van der Waals surface area contributed by atoms with Gasteiger partial charge in [0.2, 0.25) is 0 Å². The van der Waals surface area contributed by atoms with E-state index in [1.807, 2.05) is 36.6 Å². The molecule has 2 N–H and O–H groups in total. The molecule has 0 bridgehead atoms. The summed E-state index contributed by atoms with van der Waals surface area (Å²) in [6.45, 7) is 4.06. The molecular formula is C16H15ClFN3.